The summed E-state index contributed by atoms with van der Waals surface area (Å²) >= 11 is 0. The number of nitrogens with one attached hydrogen (secondary N) is 1. The van der Waals surface area contributed by atoms with Crippen LogP contribution in [-0.2, 0) is 0 Å². The van der Waals surface area contributed by atoms with E-state index in [2.05, 4.69) is 18.0 Å². The zero-order valence-corrected chi connectivity index (χ0v) is 9.08. The maximum Gasteiger partial charge on any atom is 0.142 e. The van der Waals surface area contributed by atoms with Crippen molar-refractivity contribution in [2.45, 2.75) is 12.8 Å². The van der Waals surface area contributed by atoms with E-state index in [4.69, 9.17) is 10.5 Å². The Morgan fingerprint density at radius 2 is 2.27 bits per heavy atom. The molecule has 0 bridgehead atoms. The van der Waals surface area contributed by atoms with Gasteiger partial charge < -0.3 is 15.5 Å². The molecule has 0 spiro atoms. The van der Waals surface area contributed by atoms with Gasteiger partial charge in [-0.3, -0.25) is 0 Å². The van der Waals surface area contributed by atoms with Crippen molar-refractivity contribution in [1.82, 2.24) is 4.98 Å². The normalized spacial score (nSPS) is 13.0. The molecule has 0 fully saturated rings. The Balaban J connectivity index is 2.60. The maximum atomic E-state index is 5.68. The lowest BCUT2D eigenvalue weighted by molar-refractivity contribution is 0.419. The smallest absolute Gasteiger partial charge is 0.142 e. The fraction of sp³-hybridized carbons (Fsp3) is 0.333. The van der Waals surface area contributed by atoms with Crippen molar-refractivity contribution in [3.8, 4) is 5.75 Å². The number of H-pyrrole nitrogens is 1. The second-order valence-electron chi connectivity index (χ2n) is 3.76. The third kappa shape index (κ3) is 1.59. The first-order chi connectivity index (χ1) is 7.27. The first-order valence-electron chi connectivity index (χ1n) is 5.12. The average Bonchev–Trinajstić information content (AvgIpc) is 2.71. The highest BCUT2D eigenvalue weighted by Crippen LogP contribution is 2.30. The van der Waals surface area contributed by atoms with E-state index < -0.39 is 0 Å². The number of nitrogens with two attached hydrogens (primary N) is 1. The lowest BCUT2D eigenvalue weighted by Crippen LogP contribution is -2.08. The monoisotopic (exact) mass is 204 g/mol. The molecule has 15 heavy (non-hydrogen) atoms. The van der Waals surface area contributed by atoms with E-state index in [1.165, 1.54) is 10.9 Å². The molecule has 1 aromatic carbocycles. The number of hydrogen-bond donors (Lipinski definition) is 2. The minimum Gasteiger partial charge on any atom is -0.495 e. The first kappa shape index (κ1) is 10.1. The van der Waals surface area contributed by atoms with Crippen LogP contribution < -0.4 is 10.5 Å². The van der Waals surface area contributed by atoms with Gasteiger partial charge in [-0.15, -0.1) is 0 Å². The fourth-order valence-corrected chi connectivity index (χ4v) is 1.85. The van der Waals surface area contributed by atoms with Gasteiger partial charge in [0.25, 0.3) is 0 Å². The summed E-state index contributed by atoms with van der Waals surface area (Å²) in [7, 11) is 1.68. The van der Waals surface area contributed by atoms with Gasteiger partial charge in [0.2, 0.25) is 0 Å². The quantitative estimate of drug-likeness (QED) is 0.805. The van der Waals surface area contributed by atoms with Crippen molar-refractivity contribution in [3.63, 3.8) is 0 Å². The van der Waals surface area contributed by atoms with Gasteiger partial charge in [-0.1, -0.05) is 19.1 Å². The van der Waals surface area contributed by atoms with Crippen LogP contribution in [0.5, 0.6) is 5.75 Å². The largest absolute Gasteiger partial charge is 0.495 e. The maximum absolute atomic E-state index is 5.68. The van der Waals surface area contributed by atoms with Crippen LogP contribution >= 0.6 is 0 Å². The number of para-hydroxylation sites is 1. The zero-order valence-electron chi connectivity index (χ0n) is 9.08. The number of ether oxygens (including phenoxy) is 1. The molecular formula is C12H16N2O. The summed E-state index contributed by atoms with van der Waals surface area (Å²) < 4.78 is 5.29. The van der Waals surface area contributed by atoms with Gasteiger partial charge in [-0.2, -0.15) is 0 Å². The van der Waals surface area contributed by atoms with Crippen molar-refractivity contribution in [2.75, 3.05) is 13.7 Å². The molecule has 3 nitrogen and oxygen atoms in total. The first-order valence-corrected chi connectivity index (χ1v) is 5.12. The highest BCUT2D eigenvalue weighted by Gasteiger charge is 2.11. The van der Waals surface area contributed by atoms with Crippen molar-refractivity contribution in [1.29, 1.82) is 0 Å². The van der Waals surface area contributed by atoms with Gasteiger partial charge in [0.05, 0.1) is 12.6 Å². The van der Waals surface area contributed by atoms with E-state index in [-0.39, 0.29) is 0 Å². The molecular weight excluding hydrogens is 188 g/mol. The summed E-state index contributed by atoms with van der Waals surface area (Å²) in [6.45, 7) is 2.78. The Bertz CT molecular complexity index is 462. The summed E-state index contributed by atoms with van der Waals surface area (Å²) in [6.07, 6.45) is 2.02. The van der Waals surface area contributed by atoms with Gasteiger partial charge in [0.15, 0.2) is 0 Å². The van der Waals surface area contributed by atoms with Gasteiger partial charge in [-0.25, -0.2) is 0 Å². The molecule has 1 atom stereocenters. The standard InChI is InChI=1S/C12H16N2O/c1-8(6-13)10-7-14-12-9(10)4-3-5-11(12)15-2/h3-5,7-8,14H,6,13H2,1-2H3. The van der Waals surface area contributed by atoms with Crippen LogP contribution in [0.25, 0.3) is 10.9 Å². The molecule has 80 valence electrons. The molecule has 3 N–H and O–H groups in total. The molecule has 0 saturated carbocycles. The van der Waals surface area contributed by atoms with E-state index in [1.54, 1.807) is 7.11 Å². The van der Waals surface area contributed by atoms with Crippen LogP contribution in [0.1, 0.15) is 18.4 Å². The number of benzene rings is 1. The minimum absolute atomic E-state index is 0.367. The second-order valence-corrected chi connectivity index (χ2v) is 3.76. The molecule has 0 amide bonds. The summed E-state index contributed by atoms with van der Waals surface area (Å²) in [6, 6.07) is 6.05. The van der Waals surface area contributed by atoms with Crippen molar-refractivity contribution in [2.24, 2.45) is 5.73 Å². The van der Waals surface area contributed by atoms with Gasteiger partial charge >= 0.3 is 0 Å². The third-order valence-electron chi connectivity index (χ3n) is 2.81. The average molecular weight is 204 g/mol. The van der Waals surface area contributed by atoms with E-state index in [1.807, 2.05) is 18.3 Å². The van der Waals surface area contributed by atoms with Crippen molar-refractivity contribution >= 4 is 10.9 Å². The van der Waals surface area contributed by atoms with E-state index in [0.717, 1.165) is 11.3 Å². The van der Waals surface area contributed by atoms with E-state index >= 15 is 0 Å². The van der Waals surface area contributed by atoms with E-state index in [9.17, 15) is 0 Å². The van der Waals surface area contributed by atoms with Crippen LogP contribution in [0.15, 0.2) is 24.4 Å². The predicted molar refractivity (Wildman–Crippen MR) is 62.3 cm³/mol. The van der Waals surface area contributed by atoms with E-state index in [0.29, 0.717) is 12.5 Å². The lowest BCUT2D eigenvalue weighted by atomic mass is 10.0. The Labute approximate surface area is 89.2 Å². The molecule has 0 aliphatic rings. The fourth-order valence-electron chi connectivity index (χ4n) is 1.85. The molecule has 1 unspecified atom stereocenters. The van der Waals surface area contributed by atoms with Gasteiger partial charge in [0, 0.05) is 11.6 Å². The number of methoxy groups -OCH3 is 1. The number of fused-ring (bicyclic) bond motifs is 1. The second kappa shape index (κ2) is 3.95. The lowest BCUT2D eigenvalue weighted by Gasteiger charge is -2.07. The summed E-state index contributed by atoms with van der Waals surface area (Å²) in [5.41, 5.74) is 7.99. The molecule has 2 rings (SSSR count). The van der Waals surface area contributed by atoms with Crippen LogP contribution in [0.2, 0.25) is 0 Å². The third-order valence-corrected chi connectivity index (χ3v) is 2.81. The Hall–Kier alpha value is -1.48. The summed E-state index contributed by atoms with van der Waals surface area (Å²) in [5.74, 6) is 1.24. The number of aromatic amines is 1. The molecule has 0 radical (unpaired) electrons. The van der Waals surface area contributed by atoms with Crippen molar-refractivity contribution in [3.05, 3.63) is 30.0 Å². The molecule has 0 aliphatic carbocycles. The number of rotatable bonds is 3. The Morgan fingerprint density at radius 1 is 1.47 bits per heavy atom. The molecule has 2 aromatic rings. The Kier molecular flexibility index (Phi) is 2.64. The molecule has 0 aliphatic heterocycles. The summed E-state index contributed by atoms with van der Waals surface area (Å²) in [5, 5.41) is 1.20. The molecule has 1 heterocycles. The molecule has 0 saturated heterocycles. The van der Waals surface area contributed by atoms with Gasteiger partial charge in [0.1, 0.15) is 5.75 Å². The topological polar surface area (TPSA) is 51.0 Å². The molecule has 1 aromatic heterocycles. The van der Waals surface area contributed by atoms with Crippen LogP contribution in [-0.4, -0.2) is 18.6 Å². The Morgan fingerprint density at radius 3 is 2.93 bits per heavy atom. The summed E-state index contributed by atoms with van der Waals surface area (Å²) in [4.78, 5) is 3.24. The van der Waals surface area contributed by atoms with Crippen LogP contribution in [0.3, 0.4) is 0 Å². The number of hydrogen-bond acceptors (Lipinski definition) is 2. The minimum atomic E-state index is 0.367. The van der Waals surface area contributed by atoms with Crippen LogP contribution in [0, 0.1) is 0 Å². The zero-order chi connectivity index (χ0) is 10.8. The van der Waals surface area contributed by atoms with Crippen molar-refractivity contribution < 1.29 is 4.74 Å². The number of aromatic nitrogens is 1. The van der Waals surface area contributed by atoms with Crippen LogP contribution in [0.4, 0.5) is 0 Å². The molecule has 3 heteroatoms. The van der Waals surface area contributed by atoms with Gasteiger partial charge in [-0.05, 0) is 24.1 Å². The highest BCUT2D eigenvalue weighted by atomic mass is 16.5. The highest BCUT2D eigenvalue weighted by molar-refractivity contribution is 5.88. The predicted octanol–water partition coefficient (Wildman–Crippen LogP) is 2.24. The SMILES string of the molecule is COc1cccc2c(C(C)CN)c[nH]c12.